The lowest BCUT2D eigenvalue weighted by Crippen LogP contribution is -2.29. The van der Waals surface area contributed by atoms with E-state index in [1.807, 2.05) is 0 Å². The number of amides is 1. The van der Waals surface area contributed by atoms with E-state index >= 15 is 0 Å². The van der Waals surface area contributed by atoms with E-state index in [0.717, 1.165) is 0 Å². The summed E-state index contributed by atoms with van der Waals surface area (Å²) in [6.07, 6.45) is 1.33. The molecule has 0 radical (unpaired) electrons. The van der Waals surface area contributed by atoms with Gasteiger partial charge in [0.05, 0.1) is 6.54 Å². The maximum atomic E-state index is 12.8. The molecule has 0 spiro atoms. The van der Waals surface area contributed by atoms with E-state index in [4.69, 9.17) is 4.74 Å². The maximum absolute atomic E-state index is 12.8. The van der Waals surface area contributed by atoms with Crippen molar-refractivity contribution in [3.05, 3.63) is 53.6 Å². The summed E-state index contributed by atoms with van der Waals surface area (Å²) < 4.78 is 18.1. The van der Waals surface area contributed by atoms with Crippen LogP contribution < -0.4 is 10.1 Å². The first-order valence-corrected chi connectivity index (χ1v) is 7.29. The third kappa shape index (κ3) is 5.62. The predicted molar refractivity (Wildman–Crippen MR) is 87.7 cm³/mol. The van der Waals surface area contributed by atoms with Crippen LogP contribution in [0.15, 0.2) is 36.5 Å². The molecule has 0 unspecified atom stereocenters. The van der Waals surface area contributed by atoms with Crippen molar-refractivity contribution >= 4 is 11.7 Å². The van der Waals surface area contributed by atoms with Gasteiger partial charge in [0.15, 0.2) is 5.69 Å². The van der Waals surface area contributed by atoms with Crippen LogP contribution in [0, 0.1) is 17.7 Å². The quantitative estimate of drug-likeness (QED) is 0.807. The Kier molecular flexibility index (Phi) is 6.07. The number of Topliss-reactive ketones (excluding diaryl/α,β-unsaturated/α-hetero) is 1. The number of halogens is 1. The molecule has 2 aromatic rings. The monoisotopic (exact) mass is 342 g/mol. The standard InChI is InChI=1S/C18H15FN2O4/c1-12(22)10-21-18(24)17-16(23)9-13(11-20-17)3-2-8-25-15-6-4-14(19)5-7-15/h4-7,9,11,23H,8,10H2,1H3,(H,21,24). The van der Waals surface area contributed by atoms with Crippen molar-refractivity contribution in [3.63, 3.8) is 0 Å². The van der Waals surface area contributed by atoms with Crippen molar-refractivity contribution in [1.82, 2.24) is 10.3 Å². The van der Waals surface area contributed by atoms with Crippen LogP contribution >= 0.6 is 0 Å². The molecular weight excluding hydrogens is 327 g/mol. The zero-order valence-electron chi connectivity index (χ0n) is 13.4. The van der Waals surface area contributed by atoms with Crippen LogP contribution in [0.4, 0.5) is 4.39 Å². The molecule has 7 heteroatoms. The number of hydrogen-bond donors (Lipinski definition) is 2. The number of carbonyl (C=O) groups is 2. The van der Waals surface area contributed by atoms with E-state index in [0.29, 0.717) is 11.3 Å². The van der Waals surface area contributed by atoms with Crippen LogP contribution in [0.1, 0.15) is 23.0 Å². The minimum absolute atomic E-state index is 0.0627. The maximum Gasteiger partial charge on any atom is 0.274 e. The lowest BCUT2D eigenvalue weighted by atomic mass is 10.2. The number of carbonyl (C=O) groups excluding carboxylic acids is 2. The van der Waals surface area contributed by atoms with Crippen molar-refractivity contribution in [3.8, 4) is 23.3 Å². The van der Waals surface area contributed by atoms with Gasteiger partial charge in [0.2, 0.25) is 0 Å². The van der Waals surface area contributed by atoms with Crippen molar-refractivity contribution in [2.45, 2.75) is 6.92 Å². The molecule has 1 aromatic carbocycles. The number of ketones is 1. The summed E-state index contributed by atoms with van der Waals surface area (Å²) in [5.74, 6) is 4.37. The SMILES string of the molecule is CC(=O)CNC(=O)c1ncc(C#CCOc2ccc(F)cc2)cc1O. The molecule has 0 aliphatic heterocycles. The van der Waals surface area contributed by atoms with Gasteiger partial charge in [-0.25, -0.2) is 9.37 Å². The van der Waals surface area contributed by atoms with Crippen LogP contribution in [0.5, 0.6) is 11.5 Å². The van der Waals surface area contributed by atoms with Gasteiger partial charge in [-0.2, -0.15) is 0 Å². The van der Waals surface area contributed by atoms with Crippen LogP contribution in [0.25, 0.3) is 0 Å². The van der Waals surface area contributed by atoms with E-state index in [-0.39, 0.29) is 36.2 Å². The molecule has 0 saturated carbocycles. The average Bonchev–Trinajstić information content (AvgIpc) is 2.58. The van der Waals surface area contributed by atoms with Crippen molar-refractivity contribution in [1.29, 1.82) is 0 Å². The Morgan fingerprint density at radius 3 is 2.68 bits per heavy atom. The van der Waals surface area contributed by atoms with Gasteiger partial charge in [0.1, 0.15) is 29.7 Å². The molecule has 1 aromatic heterocycles. The van der Waals surface area contributed by atoms with Crippen molar-refractivity contribution in [2.75, 3.05) is 13.2 Å². The molecule has 0 aliphatic carbocycles. The number of rotatable bonds is 5. The van der Waals surface area contributed by atoms with Gasteiger partial charge < -0.3 is 15.2 Å². The highest BCUT2D eigenvalue weighted by atomic mass is 19.1. The Morgan fingerprint density at radius 2 is 2.04 bits per heavy atom. The number of ether oxygens (including phenoxy) is 1. The first-order valence-electron chi connectivity index (χ1n) is 7.29. The summed E-state index contributed by atoms with van der Waals surface area (Å²) in [5, 5.41) is 12.2. The summed E-state index contributed by atoms with van der Waals surface area (Å²) in [6.45, 7) is 1.26. The molecule has 1 amide bonds. The molecule has 0 aliphatic rings. The van der Waals surface area contributed by atoms with E-state index in [9.17, 15) is 19.1 Å². The fourth-order valence-corrected chi connectivity index (χ4v) is 1.77. The van der Waals surface area contributed by atoms with Crippen LogP contribution in [0.3, 0.4) is 0 Å². The molecule has 2 N–H and O–H groups in total. The number of nitrogens with zero attached hydrogens (tertiary/aromatic N) is 1. The van der Waals surface area contributed by atoms with Gasteiger partial charge in [-0.3, -0.25) is 9.59 Å². The molecule has 25 heavy (non-hydrogen) atoms. The highest BCUT2D eigenvalue weighted by Crippen LogP contribution is 2.15. The van der Waals surface area contributed by atoms with Crippen molar-refractivity contribution in [2.24, 2.45) is 0 Å². The molecule has 128 valence electrons. The van der Waals surface area contributed by atoms with Gasteiger partial charge in [0, 0.05) is 11.8 Å². The van der Waals surface area contributed by atoms with Gasteiger partial charge in [0.25, 0.3) is 5.91 Å². The molecule has 0 atom stereocenters. The van der Waals surface area contributed by atoms with Gasteiger partial charge in [-0.05, 0) is 37.3 Å². The Bertz CT molecular complexity index is 838. The summed E-state index contributed by atoms with van der Waals surface area (Å²) in [7, 11) is 0. The fourth-order valence-electron chi connectivity index (χ4n) is 1.77. The molecule has 6 nitrogen and oxygen atoms in total. The molecule has 0 fully saturated rings. The number of nitrogens with one attached hydrogen (secondary N) is 1. The number of aromatic nitrogens is 1. The summed E-state index contributed by atoms with van der Waals surface area (Å²) in [6, 6.07) is 6.82. The molecule has 0 bridgehead atoms. The molecule has 1 heterocycles. The minimum Gasteiger partial charge on any atom is -0.505 e. The Labute approximate surface area is 143 Å². The highest BCUT2D eigenvalue weighted by molar-refractivity contribution is 5.97. The Hall–Kier alpha value is -3.40. The van der Waals surface area contributed by atoms with Crippen molar-refractivity contribution < 1.29 is 23.8 Å². The van der Waals surface area contributed by atoms with Gasteiger partial charge >= 0.3 is 0 Å². The van der Waals surface area contributed by atoms with Gasteiger partial charge in [-0.1, -0.05) is 11.8 Å². The van der Waals surface area contributed by atoms with E-state index in [1.165, 1.54) is 43.5 Å². The zero-order chi connectivity index (χ0) is 18.2. The lowest BCUT2D eigenvalue weighted by molar-refractivity contribution is -0.116. The number of benzene rings is 1. The number of hydrogen-bond acceptors (Lipinski definition) is 5. The number of aromatic hydroxyl groups is 1. The van der Waals surface area contributed by atoms with E-state index in [1.54, 1.807) is 0 Å². The van der Waals surface area contributed by atoms with E-state index < -0.39 is 5.91 Å². The third-order valence-corrected chi connectivity index (χ3v) is 2.94. The first-order chi connectivity index (χ1) is 12.0. The van der Waals surface area contributed by atoms with Crippen LogP contribution in [-0.4, -0.2) is 34.9 Å². The van der Waals surface area contributed by atoms with Gasteiger partial charge in [-0.15, -0.1) is 0 Å². The minimum atomic E-state index is -0.646. The Balaban J connectivity index is 1.95. The average molecular weight is 342 g/mol. The second-order valence-electron chi connectivity index (χ2n) is 5.02. The normalized spacial score (nSPS) is 9.68. The summed E-state index contributed by atoms with van der Waals surface area (Å²) in [5.41, 5.74) is 0.206. The predicted octanol–water partition coefficient (Wildman–Crippen LogP) is 1.68. The largest absolute Gasteiger partial charge is 0.505 e. The third-order valence-electron chi connectivity index (χ3n) is 2.94. The Morgan fingerprint density at radius 1 is 1.32 bits per heavy atom. The molecule has 2 rings (SSSR count). The van der Waals surface area contributed by atoms with Crippen LogP contribution in [-0.2, 0) is 4.79 Å². The van der Waals surface area contributed by atoms with E-state index in [2.05, 4.69) is 22.1 Å². The topological polar surface area (TPSA) is 88.5 Å². The zero-order valence-corrected chi connectivity index (χ0v) is 13.4. The summed E-state index contributed by atoms with van der Waals surface area (Å²) >= 11 is 0. The van der Waals surface area contributed by atoms with Crippen LogP contribution in [0.2, 0.25) is 0 Å². The lowest BCUT2D eigenvalue weighted by Gasteiger charge is -2.04. The molecular formula is C18H15FN2O4. The molecule has 0 saturated heterocycles. The summed E-state index contributed by atoms with van der Waals surface area (Å²) in [4.78, 5) is 26.4. The second-order valence-corrected chi connectivity index (χ2v) is 5.02. The first kappa shape index (κ1) is 17.9. The fraction of sp³-hybridized carbons (Fsp3) is 0.167. The number of pyridine rings is 1. The second kappa shape index (κ2) is 8.45. The smallest absolute Gasteiger partial charge is 0.274 e. The highest BCUT2D eigenvalue weighted by Gasteiger charge is 2.13.